The lowest BCUT2D eigenvalue weighted by atomic mass is 10.0. The van der Waals surface area contributed by atoms with E-state index < -0.39 is 0 Å². The van der Waals surface area contributed by atoms with Crippen molar-refractivity contribution in [3.63, 3.8) is 0 Å². The van der Waals surface area contributed by atoms with Crippen LogP contribution in [0.2, 0.25) is 5.02 Å². The van der Waals surface area contributed by atoms with Crippen LogP contribution in [0.25, 0.3) is 11.0 Å². The van der Waals surface area contributed by atoms with Crippen LogP contribution in [0, 0.1) is 6.92 Å². The number of halogens is 1. The number of amides is 1. The maximum atomic E-state index is 12.7. The number of piperidine rings is 1. The molecule has 1 saturated heterocycles. The number of aromatic hydroxyl groups is 1. The number of H-pyrrole nitrogens is 1. The monoisotopic (exact) mass is 412 g/mol. The Morgan fingerprint density at radius 1 is 1.28 bits per heavy atom. The quantitative estimate of drug-likeness (QED) is 0.597. The molecule has 0 spiro atoms. The van der Waals surface area contributed by atoms with Gasteiger partial charge < -0.3 is 20.3 Å². The molecule has 0 bridgehead atoms. The summed E-state index contributed by atoms with van der Waals surface area (Å²) < 4.78 is 0. The second-order valence-electron chi connectivity index (χ2n) is 7.62. The summed E-state index contributed by atoms with van der Waals surface area (Å²) in [5.74, 6) is 1.10. The summed E-state index contributed by atoms with van der Waals surface area (Å²) in [7, 11) is 0. The number of fused-ring (bicyclic) bond motifs is 1. The van der Waals surface area contributed by atoms with E-state index in [4.69, 9.17) is 11.6 Å². The summed E-state index contributed by atoms with van der Waals surface area (Å²) in [4.78, 5) is 22.4. The third-order valence-corrected chi connectivity index (χ3v) is 5.76. The molecule has 1 aliphatic heterocycles. The highest BCUT2D eigenvalue weighted by Gasteiger charge is 2.23. The van der Waals surface area contributed by atoms with Crippen molar-refractivity contribution in [2.45, 2.75) is 32.2 Å². The van der Waals surface area contributed by atoms with Crippen LogP contribution < -0.4 is 5.32 Å². The average Bonchev–Trinajstić information content (AvgIpc) is 3.12. The van der Waals surface area contributed by atoms with Crippen LogP contribution in [0.3, 0.4) is 0 Å². The minimum Gasteiger partial charge on any atom is -0.508 e. The van der Waals surface area contributed by atoms with Gasteiger partial charge in [-0.3, -0.25) is 4.79 Å². The molecule has 29 heavy (non-hydrogen) atoms. The number of likely N-dealkylation sites (tertiary alicyclic amines) is 1. The predicted octanol–water partition coefficient (Wildman–Crippen LogP) is 3.67. The topological polar surface area (TPSA) is 81.2 Å². The van der Waals surface area contributed by atoms with Gasteiger partial charge in [-0.1, -0.05) is 17.7 Å². The number of hydrogen-bond acceptors (Lipinski definition) is 4. The number of phenolic OH excluding ortho intramolecular Hbond substituents is 1. The minimum atomic E-state index is -0.0142. The molecule has 1 aromatic heterocycles. The van der Waals surface area contributed by atoms with Gasteiger partial charge in [-0.25, -0.2) is 4.98 Å². The molecule has 152 valence electrons. The minimum absolute atomic E-state index is 0.0142. The van der Waals surface area contributed by atoms with Crippen LogP contribution in [-0.2, 0) is 6.42 Å². The van der Waals surface area contributed by atoms with Crippen molar-refractivity contribution < 1.29 is 9.90 Å². The number of phenols is 1. The maximum Gasteiger partial charge on any atom is 0.253 e. The first kappa shape index (κ1) is 19.7. The van der Waals surface area contributed by atoms with Gasteiger partial charge in [0.1, 0.15) is 11.6 Å². The van der Waals surface area contributed by atoms with E-state index >= 15 is 0 Å². The van der Waals surface area contributed by atoms with E-state index in [1.807, 2.05) is 30.0 Å². The van der Waals surface area contributed by atoms with Gasteiger partial charge in [-0.05, 0) is 55.7 Å². The predicted molar refractivity (Wildman–Crippen MR) is 115 cm³/mol. The van der Waals surface area contributed by atoms with Gasteiger partial charge in [0.2, 0.25) is 0 Å². The number of rotatable bonds is 5. The molecule has 0 saturated carbocycles. The zero-order valence-electron chi connectivity index (χ0n) is 16.4. The van der Waals surface area contributed by atoms with Gasteiger partial charge in [0.05, 0.1) is 11.0 Å². The standard InChI is InChI=1S/C22H25ClN4O2/c1-14-2-3-15(12-20(14)28)22(29)27-10-7-17(8-11-27)24-9-6-21-25-18-5-4-16(23)13-19(18)26-21/h2-5,12-13,17,24,28H,6-11H2,1H3,(H,25,26). The molecule has 3 aromatic rings. The lowest BCUT2D eigenvalue weighted by Crippen LogP contribution is -2.45. The molecule has 1 amide bonds. The highest BCUT2D eigenvalue weighted by molar-refractivity contribution is 6.31. The molecule has 2 aromatic carbocycles. The highest BCUT2D eigenvalue weighted by atomic mass is 35.5. The van der Waals surface area contributed by atoms with Crippen LogP contribution in [0.1, 0.15) is 34.6 Å². The van der Waals surface area contributed by atoms with Gasteiger partial charge in [0, 0.05) is 42.7 Å². The summed E-state index contributed by atoms with van der Waals surface area (Å²) in [5, 5.41) is 14.1. The molecule has 1 aliphatic rings. The first-order chi connectivity index (χ1) is 14.0. The first-order valence-corrected chi connectivity index (χ1v) is 10.3. The summed E-state index contributed by atoms with van der Waals surface area (Å²) in [6.07, 6.45) is 2.65. The maximum absolute atomic E-state index is 12.7. The molecular weight excluding hydrogens is 388 g/mol. The van der Waals surface area contributed by atoms with Gasteiger partial charge in [-0.15, -0.1) is 0 Å². The number of carbonyl (C=O) groups is 1. The first-order valence-electron chi connectivity index (χ1n) is 9.96. The van der Waals surface area contributed by atoms with Crippen molar-refractivity contribution in [1.82, 2.24) is 20.2 Å². The van der Waals surface area contributed by atoms with Crippen molar-refractivity contribution in [3.8, 4) is 5.75 Å². The smallest absolute Gasteiger partial charge is 0.253 e. The van der Waals surface area contributed by atoms with Crippen molar-refractivity contribution in [2.24, 2.45) is 0 Å². The lowest BCUT2D eigenvalue weighted by Gasteiger charge is -2.32. The number of hydrogen-bond donors (Lipinski definition) is 3. The van der Waals surface area contributed by atoms with E-state index in [2.05, 4.69) is 15.3 Å². The van der Waals surface area contributed by atoms with Crippen LogP contribution in [0.15, 0.2) is 36.4 Å². The molecule has 1 fully saturated rings. The van der Waals surface area contributed by atoms with Crippen molar-refractivity contribution in [2.75, 3.05) is 19.6 Å². The average molecular weight is 413 g/mol. The SMILES string of the molecule is Cc1ccc(C(=O)N2CCC(NCCc3nc4cc(Cl)ccc4[nH]3)CC2)cc1O. The number of aryl methyl sites for hydroxylation is 1. The molecule has 0 atom stereocenters. The number of carbonyl (C=O) groups excluding carboxylic acids is 1. The molecule has 0 unspecified atom stereocenters. The molecule has 0 radical (unpaired) electrons. The third kappa shape index (κ3) is 4.54. The van der Waals surface area contributed by atoms with E-state index in [-0.39, 0.29) is 11.7 Å². The van der Waals surface area contributed by atoms with E-state index in [0.717, 1.165) is 48.2 Å². The number of benzene rings is 2. The van der Waals surface area contributed by atoms with Gasteiger partial charge in [-0.2, -0.15) is 0 Å². The highest BCUT2D eigenvalue weighted by Crippen LogP contribution is 2.21. The summed E-state index contributed by atoms with van der Waals surface area (Å²) in [5.41, 5.74) is 3.21. The Balaban J connectivity index is 1.25. The van der Waals surface area contributed by atoms with E-state index in [9.17, 15) is 9.90 Å². The van der Waals surface area contributed by atoms with Crippen molar-refractivity contribution in [3.05, 3.63) is 58.4 Å². The van der Waals surface area contributed by atoms with Crippen molar-refractivity contribution >= 4 is 28.5 Å². The normalized spacial score (nSPS) is 15.2. The fourth-order valence-electron chi connectivity index (χ4n) is 3.76. The molecule has 0 aliphatic carbocycles. The summed E-state index contributed by atoms with van der Waals surface area (Å²) in [6, 6.07) is 11.2. The van der Waals surface area contributed by atoms with Crippen LogP contribution >= 0.6 is 11.6 Å². The van der Waals surface area contributed by atoms with Crippen LogP contribution in [0.4, 0.5) is 0 Å². The Morgan fingerprint density at radius 3 is 2.83 bits per heavy atom. The Morgan fingerprint density at radius 2 is 2.07 bits per heavy atom. The van der Waals surface area contributed by atoms with Crippen LogP contribution in [-0.4, -0.2) is 51.6 Å². The van der Waals surface area contributed by atoms with E-state index in [0.29, 0.717) is 29.7 Å². The molecule has 3 N–H and O–H groups in total. The third-order valence-electron chi connectivity index (χ3n) is 5.53. The Kier molecular flexibility index (Phi) is 5.74. The van der Waals surface area contributed by atoms with Gasteiger partial charge in [0.15, 0.2) is 0 Å². The fourth-order valence-corrected chi connectivity index (χ4v) is 3.92. The zero-order valence-corrected chi connectivity index (χ0v) is 17.2. The molecule has 2 heterocycles. The number of aromatic amines is 1. The Labute approximate surface area is 174 Å². The van der Waals surface area contributed by atoms with E-state index in [1.165, 1.54) is 0 Å². The Hall–Kier alpha value is -2.57. The number of nitrogens with zero attached hydrogens (tertiary/aromatic N) is 2. The lowest BCUT2D eigenvalue weighted by molar-refractivity contribution is 0.0705. The molecule has 6 nitrogen and oxygen atoms in total. The Bertz CT molecular complexity index is 1020. The summed E-state index contributed by atoms with van der Waals surface area (Å²) in [6.45, 7) is 4.09. The number of nitrogens with one attached hydrogen (secondary N) is 2. The second kappa shape index (κ2) is 8.43. The van der Waals surface area contributed by atoms with Crippen LogP contribution in [0.5, 0.6) is 5.75 Å². The molecular formula is C22H25ClN4O2. The molecule has 4 rings (SSSR count). The zero-order chi connectivity index (χ0) is 20.4. The fraction of sp³-hybridized carbons (Fsp3) is 0.364. The number of imidazole rings is 1. The molecule has 7 heteroatoms. The van der Waals surface area contributed by atoms with Gasteiger partial charge in [0.25, 0.3) is 5.91 Å². The largest absolute Gasteiger partial charge is 0.508 e. The summed E-state index contributed by atoms with van der Waals surface area (Å²) >= 11 is 6.01. The van der Waals surface area contributed by atoms with E-state index in [1.54, 1.807) is 18.2 Å². The van der Waals surface area contributed by atoms with Crippen molar-refractivity contribution in [1.29, 1.82) is 0 Å². The number of aromatic nitrogens is 2. The second-order valence-corrected chi connectivity index (χ2v) is 8.05. The van der Waals surface area contributed by atoms with Gasteiger partial charge >= 0.3 is 0 Å².